The lowest BCUT2D eigenvalue weighted by Crippen LogP contribution is -2.20. The molecule has 2 rings (SSSR count). The number of thiazole rings is 1. The van der Waals surface area contributed by atoms with Crippen molar-refractivity contribution in [2.24, 2.45) is 0 Å². The van der Waals surface area contributed by atoms with Gasteiger partial charge in [-0.15, -0.1) is 0 Å². The van der Waals surface area contributed by atoms with E-state index >= 15 is 0 Å². The van der Waals surface area contributed by atoms with Crippen LogP contribution in [0, 0.1) is 6.92 Å². The minimum Gasteiger partial charge on any atom is -0.495 e. The van der Waals surface area contributed by atoms with Crippen molar-refractivity contribution in [2.45, 2.75) is 19.9 Å². The number of carbonyl (C=O) groups is 1. The molecule has 2 aromatic rings. The van der Waals surface area contributed by atoms with Crippen molar-refractivity contribution in [1.29, 1.82) is 0 Å². The first-order valence-corrected chi connectivity index (χ1v) is 7.27. The Kier molecular flexibility index (Phi) is 4.64. The lowest BCUT2D eigenvalue weighted by atomic mass is 10.2. The fourth-order valence-corrected chi connectivity index (χ4v) is 2.68. The van der Waals surface area contributed by atoms with E-state index < -0.39 is 0 Å². The molecule has 112 valence electrons. The number of hydrogen-bond acceptors (Lipinski definition) is 5. The number of anilines is 2. The van der Waals surface area contributed by atoms with Crippen molar-refractivity contribution in [3.8, 4) is 5.75 Å². The summed E-state index contributed by atoms with van der Waals surface area (Å²) in [6.45, 7) is 2.21. The van der Waals surface area contributed by atoms with Crippen molar-refractivity contribution < 1.29 is 9.53 Å². The SMILES string of the molecule is COc1ccc(NC(=O)CCn2c(C)csc2=O)cc1N. The van der Waals surface area contributed by atoms with Crippen molar-refractivity contribution in [3.05, 3.63) is 38.9 Å². The monoisotopic (exact) mass is 307 g/mol. The van der Waals surface area contributed by atoms with Crippen LogP contribution in [0.4, 0.5) is 11.4 Å². The number of amides is 1. The molecule has 0 bridgehead atoms. The summed E-state index contributed by atoms with van der Waals surface area (Å²) in [5, 5.41) is 4.53. The number of benzene rings is 1. The van der Waals surface area contributed by atoms with E-state index in [0.717, 1.165) is 17.0 Å². The fraction of sp³-hybridized carbons (Fsp3) is 0.286. The summed E-state index contributed by atoms with van der Waals surface area (Å²) < 4.78 is 6.64. The highest BCUT2D eigenvalue weighted by molar-refractivity contribution is 7.07. The molecule has 1 heterocycles. The van der Waals surface area contributed by atoms with Crippen molar-refractivity contribution >= 4 is 28.6 Å². The highest BCUT2D eigenvalue weighted by atomic mass is 32.1. The van der Waals surface area contributed by atoms with Crippen molar-refractivity contribution in [2.75, 3.05) is 18.2 Å². The summed E-state index contributed by atoms with van der Waals surface area (Å²) in [4.78, 5) is 23.4. The number of nitrogens with zero attached hydrogens (tertiary/aromatic N) is 1. The summed E-state index contributed by atoms with van der Waals surface area (Å²) >= 11 is 1.14. The first kappa shape index (κ1) is 15.1. The van der Waals surface area contributed by atoms with Gasteiger partial charge in [-0.2, -0.15) is 0 Å². The van der Waals surface area contributed by atoms with Crippen LogP contribution in [0.2, 0.25) is 0 Å². The number of hydrogen-bond donors (Lipinski definition) is 2. The average molecular weight is 307 g/mol. The number of aryl methyl sites for hydroxylation is 1. The minimum atomic E-state index is -0.169. The zero-order valence-corrected chi connectivity index (χ0v) is 12.7. The maximum Gasteiger partial charge on any atom is 0.307 e. The van der Waals surface area contributed by atoms with E-state index in [1.54, 1.807) is 28.1 Å². The fourth-order valence-electron chi connectivity index (χ4n) is 1.92. The quantitative estimate of drug-likeness (QED) is 0.825. The molecule has 0 saturated heterocycles. The summed E-state index contributed by atoms with van der Waals surface area (Å²) in [6.07, 6.45) is 0.226. The van der Waals surface area contributed by atoms with Crippen LogP contribution in [0.25, 0.3) is 0 Å². The molecule has 1 aromatic carbocycles. The van der Waals surface area contributed by atoms with Crippen LogP contribution in [0.5, 0.6) is 5.75 Å². The van der Waals surface area contributed by atoms with Crippen LogP contribution in [0.15, 0.2) is 28.4 Å². The van der Waals surface area contributed by atoms with E-state index in [1.165, 1.54) is 7.11 Å². The molecule has 0 unspecified atom stereocenters. The molecular formula is C14H17N3O3S. The molecule has 7 heteroatoms. The van der Waals surface area contributed by atoms with Crippen LogP contribution < -0.4 is 20.7 Å². The molecular weight excluding hydrogens is 290 g/mol. The Labute approximate surface area is 126 Å². The Balaban J connectivity index is 1.96. The number of rotatable bonds is 5. The Bertz CT molecular complexity index is 706. The van der Waals surface area contributed by atoms with Crippen LogP contribution in [0.3, 0.4) is 0 Å². The molecule has 3 N–H and O–H groups in total. The molecule has 1 amide bonds. The zero-order chi connectivity index (χ0) is 15.4. The van der Waals surface area contributed by atoms with Gasteiger partial charge in [-0.05, 0) is 25.1 Å². The van der Waals surface area contributed by atoms with Gasteiger partial charge in [0.05, 0.1) is 12.8 Å². The third-order valence-corrected chi connectivity index (χ3v) is 3.93. The van der Waals surface area contributed by atoms with Gasteiger partial charge >= 0.3 is 4.87 Å². The number of nitrogen functional groups attached to an aromatic ring is 1. The van der Waals surface area contributed by atoms with Gasteiger partial charge in [0.25, 0.3) is 0 Å². The van der Waals surface area contributed by atoms with Crippen LogP contribution in [-0.4, -0.2) is 17.6 Å². The molecule has 0 fully saturated rings. The van der Waals surface area contributed by atoms with Crippen molar-refractivity contribution in [3.63, 3.8) is 0 Å². The molecule has 6 nitrogen and oxygen atoms in total. The predicted molar refractivity (Wildman–Crippen MR) is 84.0 cm³/mol. The summed E-state index contributed by atoms with van der Waals surface area (Å²) in [5.74, 6) is 0.394. The second-order valence-electron chi connectivity index (χ2n) is 4.55. The molecule has 0 radical (unpaired) electrons. The number of ether oxygens (including phenoxy) is 1. The molecule has 1 aromatic heterocycles. The largest absolute Gasteiger partial charge is 0.495 e. The summed E-state index contributed by atoms with van der Waals surface area (Å²) in [5.41, 5.74) is 7.71. The van der Waals surface area contributed by atoms with Gasteiger partial charge in [0, 0.05) is 29.7 Å². The van der Waals surface area contributed by atoms with Gasteiger partial charge in [-0.3, -0.25) is 9.59 Å². The number of nitrogens with one attached hydrogen (secondary N) is 1. The number of carbonyl (C=O) groups excluding carboxylic acids is 1. The molecule has 0 aliphatic heterocycles. The lowest BCUT2D eigenvalue weighted by molar-refractivity contribution is -0.116. The average Bonchev–Trinajstić information content (AvgIpc) is 2.76. The summed E-state index contributed by atoms with van der Waals surface area (Å²) in [6, 6.07) is 5.05. The minimum absolute atomic E-state index is 0.0472. The maximum atomic E-state index is 11.9. The van der Waals surface area contributed by atoms with Crippen LogP contribution >= 0.6 is 11.3 Å². The second-order valence-corrected chi connectivity index (χ2v) is 5.37. The number of aromatic nitrogens is 1. The standard InChI is InChI=1S/C14H17N3O3S/c1-9-8-21-14(19)17(9)6-5-13(18)16-10-3-4-12(20-2)11(15)7-10/h3-4,7-8H,5-6,15H2,1-2H3,(H,16,18). The van der Waals surface area contributed by atoms with Gasteiger partial charge in [0.1, 0.15) is 5.75 Å². The number of nitrogens with two attached hydrogens (primary N) is 1. The Morgan fingerprint density at radius 2 is 2.24 bits per heavy atom. The highest BCUT2D eigenvalue weighted by Gasteiger charge is 2.08. The molecule has 0 saturated carbocycles. The molecule has 0 aliphatic carbocycles. The Morgan fingerprint density at radius 1 is 1.48 bits per heavy atom. The molecule has 0 atom stereocenters. The highest BCUT2D eigenvalue weighted by Crippen LogP contribution is 2.24. The van der Waals surface area contributed by atoms with E-state index in [1.807, 2.05) is 6.92 Å². The van der Waals surface area contributed by atoms with Gasteiger partial charge in [0.2, 0.25) is 5.91 Å². The molecule has 0 aliphatic rings. The second kappa shape index (κ2) is 6.45. The third kappa shape index (κ3) is 3.63. The zero-order valence-electron chi connectivity index (χ0n) is 11.9. The van der Waals surface area contributed by atoms with E-state index in [0.29, 0.717) is 23.7 Å². The Morgan fingerprint density at radius 3 is 2.81 bits per heavy atom. The topological polar surface area (TPSA) is 86.3 Å². The lowest BCUT2D eigenvalue weighted by Gasteiger charge is -2.09. The van der Waals surface area contributed by atoms with Gasteiger partial charge in [0.15, 0.2) is 0 Å². The van der Waals surface area contributed by atoms with Crippen LogP contribution in [0.1, 0.15) is 12.1 Å². The van der Waals surface area contributed by atoms with Gasteiger partial charge < -0.3 is 20.4 Å². The number of methoxy groups -OCH3 is 1. The Hall–Kier alpha value is -2.28. The van der Waals surface area contributed by atoms with E-state index in [2.05, 4.69) is 5.32 Å². The first-order valence-electron chi connectivity index (χ1n) is 6.39. The summed E-state index contributed by atoms with van der Waals surface area (Å²) in [7, 11) is 1.53. The van der Waals surface area contributed by atoms with Crippen LogP contribution in [-0.2, 0) is 11.3 Å². The van der Waals surface area contributed by atoms with E-state index in [-0.39, 0.29) is 17.2 Å². The third-order valence-electron chi connectivity index (χ3n) is 3.05. The predicted octanol–water partition coefficient (Wildman–Crippen LogP) is 1.84. The van der Waals surface area contributed by atoms with Gasteiger partial charge in [-0.1, -0.05) is 11.3 Å². The van der Waals surface area contributed by atoms with Gasteiger partial charge in [-0.25, -0.2) is 0 Å². The maximum absolute atomic E-state index is 11.9. The normalized spacial score (nSPS) is 10.4. The molecule has 21 heavy (non-hydrogen) atoms. The van der Waals surface area contributed by atoms with Crippen molar-refractivity contribution in [1.82, 2.24) is 4.57 Å². The van der Waals surface area contributed by atoms with E-state index in [9.17, 15) is 9.59 Å². The van der Waals surface area contributed by atoms with E-state index in [4.69, 9.17) is 10.5 Å². The molecule has 0 spiro atoms. The smallest absolute Gasteiger partial charge is 0.307 e. The first-order chi connectivity index (χ1) is 10.0.